The highest BCUT2D eigenvalue weighted by Gasteiger charge is 2.45. The van der Waals surface area contributed by atoms with Gasteiger partial charge >= 0.3 is 0 Å². The van der Waals surface area contributed by atoms with E-state index in [4.69, 9.17) is 0 Å². The van der Waals surface area contributed by atoms with Gasteiger partial charge in [-0.1, -0.05) is 0 Å². The SMILES string of the molecule is CSC1CC2CCC(C1)N2C(=O)C1CCN(S(C)(=O)=O)CC1. The second-order valence-corrected chi connectivity index (χ2v) is 10.0. The van der Waals surface area contributed by atoms with Gasteiger partial charge in [-0.3, -0.25) is 4.79 Å². The average molecular weight is 347 g/mol. The number of rotatable bonds is 3. The highest BCUT2D eigenvalue weighted by Crippen LogP contribution is 2.41. The van der Waals surface area contributed by atoms with Gasteiger partial charge < -0.3 is 4.90 Å². The van der Waals surface area contributed by atoms with E-state index in [9.17, 15) is 13.2 Å². The number of carbonyl (C=O) groups excluding carboxylic acids is 1. The van der Waals surface area contributed by atoms with Crippen LogP contribution in [-0.4, -0.2) is 66.5 Å². The molecule has 2 atom stereocenters. The molecule has 3 aliphatic heterocycles. The number of amides is 1. The van der Waals surface area contributed by atoms with Crippen molar-refractivity contribution in [2.75, 3.05) is 25.6 Å². The molecule has 0 aromatic heterocycles. The van der Waals surface area contributed by atoms with Crippen LogP contribution in [0.3, 0.4) is 0 Å². The van der Waals surface area contributed by atoms with Gasteiger partial charge in [-0.15, -0.1) is 0 Å². The van der Waals surface area contributed by atoms with Gasteiger partial charge in [-0.25, -0.2) is 12.7 Å². The van der Waals surface area contributed by atoms with Gasteiger partial charge in [0.05, 0.1) is 6.26 Å². The third-order valence-electron chi connectivity index (χ3n) is 5.55. The van der Waals surface area contributed by atoms with Crippen LogP contribution in [0.2, 0.25) is 0 Å². The van der Waals surface area contributed by atoms with Crippen molar-refractivity contribution in [3.8, 4) is 0 Å². The van der Waals surface area contributed by atoms with Gasteiger partial charge in [0.25, 0.3) is 0 Å². The number of hydrogen-bond acceptors (Lipinski definition) is 4. The summed E-state index contributed by atoms with van der Waals surface area (Å²) in [6.45, 7) is 0.984. The van der Waals surface area contributed by atoms with Crippen molar-refractivity contribution in [3.63, 3.8) is 0 Å². The minimum absolute atomic E-state index is 0.0203. The molecule has 5 nitrogen and oxygen atoms in total. The van der Waals surface area contributed by atoms with Crippen molar-refractivity contribution in [1.29, 1.82) is 0 Å². The van der Waals surface area contributed by atoms with Gasteiger partial charge in [-0.2, -0.15) is 11.8 Å². The van der Waals surface area contributed by atoms with Gasteiger partial charge in [0.1, 0.15) is 0 Å². The van der Waals surface area contributed by atoms with Crippen LogP contribution in [0.25, 0.3) is 0 Å². The Hall–Kier alpha value is -0.270. The fourth-order valence-corrected chi connectivity index (χ4v) is 6.03. The Labute approximate surface area is 137 Å². The summed E-state index contributed by atoms with van der Waals surface area (Å²) in [5, 5.41) is 0.702. The quantitative estimate of drug-likeness (QED) is 0.778. The summed E-state index contributed by atoms with van der Waals surface area (Å²) in [6.07, 6.45) is 9.33. The van der Waals surface area contributed by atoms with Crippen molar-refractivity contribution >= 4 is 27.7 Å². The molecule has 22 heavy (non-hydrogen) atoms. The van der Waals surface area contributed by atoms with Gasteiger partial charge in [-0.05, 0) is 44.8 Å². The molecule has 1 amide bonds. The fourth-order valence-electron chi connectivity index (χ4n) is 4.32. The maximum Gasteiger partial charge on any atom is 0.226 e. The fraction of sp³-hybridized carbons (Fsp3) is 0.933. The lowest BCUT2D eigenvalue weighted by atomic mass is 9.93. The van der Waals surface area contributed by atoms with E-state index in [1.54, 1.807) is 0 Å². The van der Waals surface area contributed by atoms with E-state index in [-0.39, 0.29) is 5.92 Å². The number of thioether (sulfide) groups is 1. The lowest BCUT2D eigenvalue weighted by Crippen LogP contribution is -2.51. The van der Waals surface area contributed by atoms with Crippen molar-refractivity contribution in [2.45, 2.75) is 55.9 Å². The molecule has 0 N–H and O–H groups in total. The lowest BCUT2D eigenvalue weighted by molar-refractivity contribution is -0.141. The Balaban J connectivity index is 1.62. The number of sulfonamides is 1. The molecular weight excluding hydrogens is 320 g/mol. The van der Waals surface area contributed by atoms with Crippen LogP contribution in [0.5, 0.6) is 0 Å². The molecule has 0 spiro atoms. The third-order valence-corrected chi connectivity index (χ3v) is 7.90. The van der Waals surface area contributed by atoms with Crippen LogP contribution in [0, 0.1) is 5.92 Å². The Morgan fingerprint density at radius 1 is 1.05 bits per heavy atom. The maximum absolute atomic E-state index is 12.9. The molecule has 0 radical (unpaired) electrons. The van der Waals surface area contributed by atoms with E-state index in [1.165, 1.54) is 10.6 Å². The average Bonchev–Trinajstić information content (AvgIpc) is 2.75. The normalized spacial score (nSPS) is 34.1. The number of nitrogens with zero attached hydrogens (tertiary/aromatic N) is 2. The van der Waals surface area contributed by atoms with Crippen molar-refractivity contribution in [1.82, 2.24) is 9.21 Å². The molecular formula is C15H26N2O3S2. The standard InChI is InChI=1S/C15H26N2O3S2/c1-21-14-9-12-3-4-13(10-14)17(12)15(18)11-5-7-16(8-6-11)22(2,19)20/h11-14H,3-10H2,1-2H3. The predicted molar refractivity (Wildman–Crippen MR) is 89.3 cm³/mol. The van der Waals surface area contributed by atoms with Crippen molar-refractivity contribution in [3.05, 3.63) is 0 Å². The van der Waals surface area contributed by atoms with E-state index in [0.29, 0.717) is 49.2 Å². The minimum atomic E-state index is -3.11. The van der Waals surface area contributed by atoms with Crippen LogP contribution in [0.15, 0.2) is 0 Å². The molecule has 0 saturated carbocycles. The number of fused-ring (bicyclic) bond motifs is 2. The zero-order valence-corrected chi connectivity index (χ0v) is 15.0. The summed E-state index contributed by atoms with van der Waals surface area (Å²) < 4.78 is 24.7. The zero-order valence-electron chi connectivity index (χ0n) is 13.4. The van der Waals surface area contributed by atoms with Crippen LogP contribution < -0.4 is 0 Å². The molecule has 2 unspecified atom stereocenters. The molecule has 3 heterocycles. The third kappa shape index (κ3) is 3.17. The molecule has 2 bridgehead atoms. The molecule has 7 heteroatoms. The van der Waals surface area contributed by atoms with Gasteiger partial charge in [0, 0.05) is 36.3 Å². The molecule has 0 aromatic carbocycles. The van der Waals surface area contributed by atoms with Gasteiger partial charge in [0.15, 0.2) is 0 Å². The summed E-state index contributed by atoms with van der Waals surface area (Å²) in [5.41, 5.74) is 0. The summed E-state index contributed by atoms with van der Waals surface area (Å²) >= 11 is 1.93. The minimum Gasteiger partial charge on any atom is -0.336 e. The first kappa shape index (κ1) is 16.6. The summed E-state index contributed by atoms with van der Waals surface area (Å²) in [6, 6.07) is 0.855. The topological polar surface area (TPSA) is 57.7 Å². The van der Waals surface area contributed by atoms with Crippen LogP contribution >= 0.6 is 11.8 Å². The van der Waals surface area contributed by atoms with E-state index >= 15 is 0 Å². The highest BCUT2D eigenvalue weighted by molar-refractivity contribution is 7.99. The van der Waals surface area contributed by atoms with E-state index in [2.05, 4.69) is 11.2 Å². The summed E-state index contributed by atoms with van der Waals surface area (Å²) in [4.78, 5) is 15.1. The van der Waals surface area contributed by atoms with Crippen LogP contribution in [-0.2, 0) is 14.8 Å². The first-order valence-electron chi connectivity index (χ1n) is 8.20. The van der Waals surface area contributed by atoms with Crippen LogP contribution in [0.4, 0.5) is 0 Å². The summed E-state index contributed by atoms with van der Waals surface area (Å²) in [5.74, 6) is 0.312. The monoisotopic (exact) mass is 346 g/mol. The number of hydrogen-bond donors (Lipinski definition) is 0. The molecule has 0 aromatic rings. The molecule has 3 aliphatic rings. The van der Waals surface area contributed by atoms with Crippen molar-refractivity contribution < 1.29 is 13.2 Å². The first-order valence-corrected chi connectivity index (χ1v) is 11.3. The van der Waals surface area contributed by atoms with Crippen molar-refractivity contribution in [2.24, 2.45) is 5.92 Å². The highest BCUT2D eigenvalue weighted by atomic mass is 32.2. The smallest absolute Gasteiger partial charge is 0.226 e. The van der Waals surface area contributed by atoms with Crippen LogP contribution in [0.1, 0.15) is 38.5 Å². The number of carbonyl (C=O) groups is 1. The Bertz CT molecular complexity index is 515. The second kappa shape index (κ2) is 6.32. The zero-order chi connectivity index (χ0) is 15.9. The van der Waals surface area contributed by atoms with E-state index < -0.39 is 10.0 Å². The lowest BCUT2D eigenvalue weighted by Gasteiger charge is -2.41. The number of piperidine rings is 2. The Morgan fingerprint density at radius 3 is 2.05 bits per heavy atom. The maximum atomic E-state index is 12.9. The predicted octanol–water partition coefficient (Wildman–Crippen LogP) is 1.54. The Kier molecular flexibility index (Phi) is 4.76. The Morgan fingerprint density at radius 2 is 1.59 bits per heavy atom. The largest absolute Gasteiger partial charge is 0.336 e. The molecule has 0 aliphatic carbocycles. The first-order chi connectivity index (χ1) is 10.4. The molecule has 126 valence electrons. The summed E-state index contributed by atoms with van der Waals surface area (Å²) in [7, 11) is -3.11. The van der Waals surface area contributed by atoms with Gasteiger partial charge in [0.2, 0.25) is 15.9 Å². The van der Waals surface area contributed by atoms with E-state index in [1.807, 2.05) is 11.8 Å². The second-order valence-electron chi connectivity index (χ2n) is 6.90. The molecule has 3 rings (SSSR count). The molecule has 3 fully saturated rings. The molecule has 3 saturated heterocycles. The van der Waals surface area contributed by atoms with E-state index in [0.717, 1.165) is 25.7 Å².